The van der Waals surface area contributed by atoms with E-state index in [4.69, 9.17) is 4.74 Å². The number of amides is 1. The molecule has 1 saturated heterocycles. The average Bonchev–Trinajstić information content (AvgIpc) is 3.41. The van der Waals surface area contributed by atoms with E-state index in [2.05, 4.69) is 59.4 Å². The van der Waals surface area contributed by atoms with Crippen molar-refractivity contribution < 1.29 is 9.53 Å². The number of carbonyl (C=O) groups is 1. The van der Waals surface area contributed by atoms with Crippen molar-refractivity contribution in [3.63, 3.8) is 0 Å². The Labute approximate surface area is 185 Å². The predicted molar refractivity (Wildman–Crippen MR) is 128 cm³/mol. The summed E-state index contributed by atoms with van der Waals surface area (Å²) in [6.45, 7) is 4.21. The maximum Gasteiger partial charge on any atom is 0.277 e. The van der Waals surface area contributed by atoms with E-state index in [1.165, 1.54) is 17.1 Å². The first-order chi connectivity index (χ1) is 14.6. The summed E-state index contributed by atoms with van der Waals surface area (Å²) in [7, 11) is 0. The van der Waals surface area contributed by atoms with Crippen LogP contribution in [0.2, 0.25) is 0 Å². The number of benzene rings is 2. The Balaban J connectivity index is 1.32. The third-order valence-electron chi connectivity index (χ3n) is 4.86. The number of aromatic nitrogens is 1. The van der Waals surface area contributed by atoms with E-state index in [0.717, 1.165) is 16.5 Å². The Morgan fingerprint density at radius 3 is 2.67 bits per heavy atom. The van der Waals surface area contributed by atoms with Gasteiger partial charge in [-0.1, -0.05) is 30.3 Å². The maximum atomic E-state index is 12.1. The van der Waals surface area contributed by atoms with Crippen LogP contribution in [0.15, 0.2) is 59.8 Å². The van der Waals surface area contributed by atoms with Gasteiger partial charge in [0.25, 0.3) is 5.91 Å². The molecule has 1 N–H and O–H groups in total. The summed E-state index contributed by atoms with van der Waals surface area (Å²) in [6, 6.07) is 16.5. The first-order valence-corrected chi connectivity index (χ1v) is 12.1. The van der Waals surface area contributed by atoms with Crippen LogP contribution < -0.4 is 10.2 Å². The summed E-state index contributed by atoms with van der Waals surface area (Å²) in [5.41, 5.74) is 5.97. The minimum absolute atomic E-state index is 0.0721. The Bertz CT molecular complexity index is 1040. The zero-order valence-electron chi connectivity index (χ0n) is 17.1. The minimum Gasteiger partial charge on any atom is -0.484 e. The summed E-state index contributed by atoms with van der Waals surface area (Å²) in [6.07, 6.45) is 3.74. The number of carbonyl (C=O) groups excluding carboxylic acids is 1. The van der Waals surface area contributed by atoms with Crippen LogP contribution in [-0.2, 0) is 4.79 Å². The molecule has 1 fully saturated rings. The molecule has 0 atom stereocenters. The van der Waals surface area contributed by atoms with Crippen molar-refractivity contribution in [1.82, 2.24) is 9.99 Å². The molecule has 1 aromatic heterocycles. The summed E-state index contributed by atoms with van der Waals surface area (Å²) in [4.78, 5) is 12.1. The highest BCUT2D eigenvalue weighted by molar-refractivity contribution is 8.19. The number of fused-ring (bicyclic) bond motifs is 1. The fourth-order valence-corrected chi connectivity index (χ4v) is 6.25. The lowest BCUT2D eigenvalue weighted by molar-refractivity contribution is -0.123. The van der Waals surface area contributed by atoms with Crippen LogP contribution >= 0.6 is 23.5 Å². The number of hydrogen-bond acceptors (Lipinski definition) is 5. The second-order valence-corrected chi connectivity index (χ2v) is 10.1. The highest BCUT2D eigenvalue weighted by Crippen LogP contribution is 2.45. The molecule has 0 aliphatic carbocycles. The SMILES string of the molecule is CC(C)n1cc(/C=N\NC(=O)COc2ccc(C3SCCS3)cc2)c2ccccc21. The molecule has 7 heteroatoms. The van der Waals surface area contributed by atoms with Gasteiger partial charge in [0.2, 0.25) is 0 Å². The van der Waals surface area contributed by atoms with Crippen molar-refractivity contribution in [3.8, 4) is 5.75 Å². The van der Waals surface area contributed by atoms with E-state index in [-0.39, 0.29) is 12.5 Å². The topological polar surface area (TPSA) is 55.6 Å². The van der Waals surface area contributed by atoms with Crippen LogP contribution in [0, 0.1) is 0 Å². The number of ether oxygens (including phenoxy) is 1. The van der Waals surface area contributed by atoms with Gasteiger partial charge < -0.3 is 9.30 Å². The predicted octanol–water partition coefficient (Wildman–Crippen LogP) is 5.23. The average molecular weight is 440 g/mol. The Morgan fingerprint density at radius 2 is 1.93 bits per heavy atom. The van der Waals surface area contributed by atoms with Crippen molar-refractivity contribution in [2.24, 2.45) is 5.10 Å². The largest absolute Gasteiger partial charge is 0.484 e. The first kappa shape index (κ1) is 20.9. The summed E-state index contributed by atoms with van der Waals surface area (Å²) < 4.78 is 8.30. The minimum atomic E-state index is -0.287. The lowest BCUT2D eigenvalue weighted by atomic mass is 10.2. The van der Waals surface area contributed by atoms with E-state index in [0.29, 0.717) is 16.4 Å². The van der Waals surface area contributed by atoms with Crippen LogP contribution in [0.25, 0.3) is 10.9 Å². The maximum absolute atomic E-state index is 12.1. The molecule has 1 amide bonds. The monoisotopic (exact) mass is 439 g/mol. The number of hydrogen-bond donors (Lipinski definition) is 1. The van der Waals surface area contributed by atoms with Gasteiger partial charge in [-0.3, -0.25) is 4.79 Å². The molecule has 30 heavy (non-hydrogen) atoms. The van der Waals surface area contributed by atoms with E-state index in [1.54, 1.807) is 6.21 Å². The number of nitrogens with one attached hydrogen (secondary N) is 1. The van der Waals surface area contributed by atoms with Crippen LogP contribution in [-0.4, -0.2) is 34.8 Å². The third-order valence-corrected chi connectivity index (χ3v) is 7.97. The Kier molecular flexibility index (Phi) is 6.69. The van der Waals surface area contributed by atoms with Crippen molar-refractivity contribution >= 4 is 46.5 Å². The smallest absolute Gasteiger partial charge is 0.277 e. The quantitative estimate of drug-likeness (QED) is 0.405. The van der Waals surface area contributed by atoms with Crippen molar-refractivity contribution in [3.05, 3.63) is 65.9 Å². The fraction of sp³-hybridized carbons (Fsp3) is 0.304. The highest BCUT2D eigenvalue weighted by Gasteiger charge is 2.18. The van der Waals surface area contributed by atoms with Crippen molar-refractivity contribution in [2.75, 3.05) is 18.1 Å². The van der Waals surface area contributed by atoms with E-state index < -0.39 is 0 Å². The lowest BCUT2D eigenvalue weighted by Gasteiger charge is -2.10. The summed E-state index contributed by atoms with van der Waals surface area (Å²) >= 11 is 3.94. The second kappa shape index (κ2) is 9.62. The molecule has 0 bridgehead atoms. The molecule has 1 aliphatic heterocycles. The summed E-state index contributed by atoms with van der Waals surface area (Å²) in [5, 5.41) is 5.23. The Morgan fingerprint density at radius 1 is 1.20 bits per heavy atom. The van der Waals surface area contributed by atoms with E-state index in [1.807, 2.05) is 47.8 Å². The molecule has 156 valence electrons. The highest BCUT2D eigenvalue weighted by atomic mass is 32.2. The number of rotatable bonds is 7. The molecule has 0 radical (unpaired) electrons. The molecule has 1 aliphatic rings. The number of hydrazone groups is 1. The van der Waals surface area contributed by atoms with Gasteiger partial charge in [-0.25, -0.2) is 5.43 Å². The van der Waals surface area contributed by atoms with Gasteiger partial charge in [0, 0.05) is 40.2 Å². The van der Waals surface area contributed by atoms with Gasteiger partial charge >= 0.3 is 0 Å². The van der Waals surface area contributed by atoms with E-state index in [9.17, 15) is 4.79 Å². The molecular formula is C23H25N3O2S2. The first-order valence-electron chi connectivity index (χ1n) is 9.99. The van der Waals surface area contributed by atoms with Gasteiger partial charge in [-0.15, -0.1) is 23.5 Å². The van der Waals surface area contributed by atoms with Crippen LogP contribution in [0.3, 0.4) is 0 Å². The summed E-state index contributed by atoms with van der Waals surface area (Å²) in [5.74, 6) is 2.80. The molecular weight excluding hydrogens is 414 g/mol. The van der Waals surface area contributed by atoms with Gasteiger partial charge in [-0.05, 0) is 37.6 Å². The molecule has 3 aromatic rings. The van der Waals surface area contributed by atoms with Gasteiger partial charge in [-0.2, -0.15) is 5.10 Å². The fourth-order valence-electron chi connectivity index (χ4n) is 3.39. The van der Waals surface area contributed by atoms with Crippen molar-refractivity contribution in [1.29, 1.82) is 0 Å². The zero-order chi connectivity index (χ0) is 20.9. The molecule has 2 aromatic carbocycles. The molecule has 0 spiro atoms. The number of para-hydroxylation sites is 1. The number of thioether (sulfide) groups is 2. The molecule has 2 heterocycles. The molecule has 4 rings (SSSR count). The molecule has 0 saturated carbocycles. The normalized spacial score (nSPS) is 14.8. The van der Waals surface area contributed by atoms with Crippen LogP contribution in [0.1, 0.15) is 35.6 Å². The van der Waals surface area contributed by atoms with Crippen LogP contribution in [0.5, 0.6) is 5.75 Å². The number of nitrogens with zero attached hydrogens (tertiary/aromatic N) is 2. The third kappa shape index (κ3) is 4.84. The molecule has 5 nitrogen and oxygen atoms in total. The van der Waals surface area contributed by atoms with E-state index >= 15 is 0 Å². The standard InChI is InChI=1S/C23H25N3O2S2/c1-16(2)26-14-18(20-5-3-4-6-21(20)26)13-24-25-22(27)15-28-19-9-7-17(8-10-19)23-29-11-12-30-23/h3-10,13-14,16,23H,11-12,15H2,1-2H3,(H,25,27)/b24-13-. The van der Waals surface area contributed by atoms with Gasteiger partial charge in [0.1, 0.15) is 5.75 Å². The van der Waals surface area contributed by atoms with Crippen molar-refractivity contribution in [2.45, 2.75) is 24.5 Å². The van der Waals surface area contributed by atoms with Gasteiger partial charge in [0.15, 0.2) is 6.61 Å². The second-order valence-electron chi connectivity index (χ2n) is 7.33. The lowest BCUT2D eigenvalue weighted by Crippen LogP contribution is -2.24. The molecule has 0 unspecified atom stereocenters. The van der Waals surface area contributed by atoms with Crippen LogP contribution in [0.4, 0.5) is 0 Å². The zero-order valence-corrected chi connectivity index (χ0v) is 18.7. The Hall–Kier alpha value is -2.38. The van der Waals surface area contributed by atoms with Gasteiger partial charge in [0.05, 0.1) is 10.8 Å².